The molecule has 0 unspecified atom stereocenters. The molecule has 0 aromatic carbocycles. The first-order chi connectivity index (χ1) is 7.83. The molecule has 0 saturated heterocycles. The van der Waals surface area contributed by atoms with Gasteiger partial charge in [0.25, 0.3) is 6.79 Å². The van der Waals surface area contributed by atoms with Gasteiger partial charge in [-0.15, -0.1) is 0 Å². The molecule has 0 aliphatic heterocycles. The first-order valence-electron chi connectivity index (χ1n) is 4.50. The number of hydrogen-bond donors (Lipinski definition) is 0. The van der Waals surface area contributed by atoms with Gasteiger partial charge >= 0.3 is 0 Å². The van der Waals surface area contributed by atoms with Crippen LogP contribution in [-0.2, 0) is 33.9 Å². The Bertz CT molecular complexity index is 227. The maximum Gasteiger partial charge on any atom is 0.281 e. The van der Waals surface area contributed by atoms with Crippen LogP contribution in [0.25, 0.3) is 0 Å². The standard InChI is InChI=1S/2C6H8O.CO.Ru/c2*1-2-3-4-5-6-7;1-2;/h2*2-6H,1H3;;. The number of carbonyl (C=O) groups excluding carboxylic acids is 3. The Morgan fingerprint density at radius 2 is 0.941 bits per heavy atom. The van der Waals surface area contributed by atoms with Crippen LogP contribution in [0.5, 0.6) is 0 Å². The zero-order valence-corrected chi connectivity index (χ0v) is 11.6. The fourth-order valence-electron chi connectivity index (χ4n) is 0.441. The van der Waals surface area contributed by atoms with Gasteiger partial charge in [-0.3, -0.25) is 14.4 Å². The molecule has 0 bridgehead atoms. The molecule has 0 rings (SSSR count). The topological polar surface area (TPSA) is 51.2 Å². The van der Waals surface area contributed by atoms with Gasteiger partial charge < -0.3 is 0 Å². The van der Waals surface area contributed by atoms with Gasteiger partial charge in [-0.1, -0.05) is 36.5 Å². The van der Waals surface area contributed by atoms with Crippen LogP contribution < -0.4 is 0 Å². The van der Waals surface area contributed by atoms with E-state index in [0.717, 1.165) is 12.6 Å². The van der Waals surface area contributed by atoms with Crippen molar-refractivity contribution in [1.82, 2.24) is 0 Å². The Kier molecular flexibility index (Phi) is 53.1. The molecule has 17 heavy (non-hydrogen) atoms. The van der Waals surface area contributed by atoms with Crippen LogP contribution in [0.1, 0.15) is 13.8 Å². The van der Waals surface area contributed by atoms with Crippen LogP contribution in [-0.4, -0.2) is 19.4 Å². The van der Waals surface area contributed by atoms with Crippen molar-refractivity contribution in [2.24, 2.45) is 0 Å². The van der Waals surface area contributed by atoms with Gasteiger partial charge in [-0.05, 0) is 26.0 Å². The van der Waals surface area contributed by atoms with Crippen molar-refractivity contribution >= 4 is 19.4 Å². The molecule has 3 nitrogen and oxygen atoms in total. The number of aldehydes is 2. The first-order valence-corrected chi connectivity index (χ1v) is 4.50. The van der Waals surface area contributed by atoms with Crippen molar-refractivity contribution in [3.8, 4) is 0 Å². The van der Waals surface area contributed by atoms with E-state index in [4.69, 9.17) is 4.79 Å². The number of allylic oxidation sites excluding steroid dienone is 8. The van der Waals surface area contributed by atoms with E-state index in [-0.39, 0.29) is 19.5 Å². The molecule has 0 fully saturated rings. The molecule has 4 heteroatoms. The van der Waals surface area contributed by atoms with E-state index < -0.39 is 0 Å². The van der Waals surface area contributed by atoms with Crippen LogP contribution in [0.4, 0.5) is 0 Å². The number of carbonyl (C=O) groups is 2. The molecular weight excluding hydrogens is 305 g/mol. The molecule has 0 aromatic heterocycles. The summed E-state index contributed by atoms with van der Waals surface area (Å²) in [5.74, 6) is 0. The van der Waals surface area contributed by atoms with Gasteiger partial charge in [0.1, 0.15) is 12.6 Å². The SMILES string of the molecule is CC=CC=CC=O.CC=CC=CC=O.[C]=O.[Ru]. The van der Waals surface area contributed by atoms with Gasteiger partial charge in [0.2, 0.25) is 0 Å². The molecule has 0 aliphatic rings. The van der Waals surface area contributed by atoms with E-state index in [1.54, 1.807) is 24.3 Å². The molecule has 94 valence electrons. The summed E-state index contributed by atoms with van der Waals surface area (Å²) in [5, 5.41) is 0. The summed E-state index contributed by atoms with van der Waals surface area (Å²) < 4.78 is 0. The van der Waals surface area contributed by atoms with E-state index in [1.807, 2.05) is 26.0 Å². The summed E-state index contributed by atoms with van der Waals surface area (Å²) in [4.78, 5) is 26.6. The average molecular weight is 321 g/mol. The van der Waals surface area contributed by atoms with Crippen LogP contribution in [0, 0.1) is 0 Å². The van der Waals surface area contributed by atoms with Crippen LogP contribution >= 0.6 is 0 Å². The zero-order valence-electron chi connectivity index (χ0n) is 9.85. The van der Waals surface area contributed by atoms with E-state index in [0.29, 0.717) is 0 Å². The smallest absolute Gasteiger partial charge is 0.281 e. The minimum Gasteiger partial charge on any atom is -0.299 e. The summed E-state index contributed by atoms with van der Waals surface area (Å²) in [5.41, 5.74) is 0. The van der Waals surface area contributed by atoms with E-state index in [2.05, 4.69) is 6.79 Å². The van der Waals surface area contributed by atoms with E-state index in [1.165, 1.54) is 12.2 Å². The molecule has 2 radical (unpaired) electrons. The molecule has 0 N–H and O–H groups in total. The van der Waals surface area contributed by atoms with Gasteiger partial charge in [0, 0.05) is 19.5 Å². The maximum atomic E-state index is 9.56. The molecule has 0 aliphatic carbocycles. The molecule has 0 heterocycles. The molecule has 0 atom stereocenters. The predicted molar refractivity (Wildman–Crippen MR) is 65.7 cm³/mol. The van der Waals surface area contributed by atoms with Crippen LogP contribution in [0.15, 0.2) is 48.6 Å². The predicted octanol–water partition coefficient (Wildman–Crippen LogP) is 2.24. The minimum absolute atomic E-state index is 0. The number of rotatable bonds is 4. The maximum absolute atomic E-state index is 9.56. The summed E-state index contributed by atoms with van der Waals surface area (Å²) in [6.45, 7) is 8.30. The number of hydrogen-bond acceptors (Lipinski definition) is 3. The van der Waals surface area contributed by atoms with Crippen molar-refractivity contribution in [2.75, 3.05) is 0 Å². The van der Waals surface area contributed by atoms with Gasteiger partial charge in [-0.25, -0.2) is 0 Å². The molecule has 0 saturated carbocycles. The van der Waals surface area contributed by atoms with Crippen molar-refractivity contribution in [2.45, 2.75) is 13.8 Å². The fourth-order valence-corrected chi connectivity index (χ4v) is 0.441. The second kappa shape index (κ2) is 36.5. The van der Waals surface area contributed by atoms with Crippen molar-refractivity contribution < 1.29 is 33.9 Å². The summed E-state index contributed by atoms with van der Waals surface area (Å²) >= 11 is 0. The molecule has 0 aromatic rings. The third kappa shape index (κ3) is 53.2. The summed E-state index contributed by atoms with van der Waals surface area (Å²) in [7, 11) is 0. The van der Waals surface area contributed by atoms with Gasteiger partial charge in [0.05, 0.1) is 0 Å². The Hall–Kier alpha value is -1.41. The third-order valence-corrected chi connectivity index (χ3v) is 0.986. The molecule has 0 spiro atoms. The van der Waals surface area contributed by atoms with Gasteiger partial charge in [0.15, 0.2) is 0 Å². The monoisotopic (exact) mass is 322 g/mol. The molecule has 0 amide bonds. The quantitative estimate of drug-likeness (QED) is 0.345. The Morgan fingerprint density at radius 1 is 0.647 bits per heavy atom. The Labute approximate surface area is 116 Å². The third-order valence-electron chi connectivity index (χ3n) is 0.986. The Morgan fingerprint density at radius 3 is 1.12 bits per heavy atom. The molecular formula is C13H16O3Ru. The van der Waals surface area contributed by atoms with Crippen LogP contribution in [0.3, 0.4) is 0 Å². The Balaban J connectivity index is -0.0000000823. The largest absolute Gasteiger partial charge is 0.299 e. The van der Waals surface area contributed by atoms with Crippen LogP contribution in [0.2, 0.25) is 0 Å². The summed E-state index contributed by atoms with van der Waals surface area (Å²) in [6, 6.07) is 0. The minimum atomic E-state index is 0. The van der Waals surface area contributed by atoms with Gasteiger partial charge in [-0.2, -0.15) is 0 Å². The van der Waals surface area contributed by atoms with E-state index in [9.17, 15) is 9.59 Å². The van der Waals surface area contributed by atoms with E-state index >= 15 is 0 Å². The average Bonchev–Trinajstić information content (AvgIpc) is 2.34. The fraction of sp³-hybridized carbons (Fsp3) is 0.154. The first kappa shape index (κ1) is 24.7. The zero-order chi connectivity index (χ0) is 13.1. The second-order valence-electron chi connectivity index (χ2n) is 2.09. The van der Waals surface area contributed by atoms with Crippen molar-refractivity contribution in [1.29, 1.82) is 0 Å². The van der Waals surface area contributed by atoms with Crippen molar-refractivity contribution in [3.05, 3.63) is 48.6 Å². The van der Waals surface area contributed by atoms with Crippen molar-refractivity contribution in [3.63, 3.8) is 0 Å². The summed E-state index contributed by atoms with van der Waals surface area (Å²) in [6.07, 6.45) is 15.1. The normalized spacial score (nSPS) is 9.29. The second-order valence-corrected chi connectivity index (χ2v) is 2.09.